The van der Waals surface area contributed by atoms with Crippen molar-refractivity contribution in [2.75, 3.05) is 33.4 Å². The topological polar surface area (TPSA) is 60.6 Å². The van der Waals surface area contributed by atoms with E-state index in [-0.39, 0.29) is 0 Å². The highest BCUT2D eigenvalue weighted by Crippen LogP contribution is 2.33. The van der Waals surface area contributed by atoms with Gasteiger partial charge in [-0.2, -0.15) is 4.98 Å². The number of rotatable bonds is 6. The molecule has 24 heavy (non-hydrogen) atoms. The Morgan fingerprint density at radius 2 is 1.83 bits per heavy atom. The lowest BCUT2D eigenvalue weighted by Gasteiger charge is -2.26. The Labute approximate surface area is 142 Å². The number of nitrogens with zero attached hydrogens (tertiary/aromatic N) is 3. The largest absolute Gasteiger partial charge is 0.490 e. The molecule has 3 rings (SSSR count). The van der Waals surface area contributed by atoms with Crippen molar-refractivity contribution in [3.05, 3.63) is 24.0 Å². The molecule has 6 nitrogen and oxygen atoms in total. The van der Waals surface area contributed by atoms with Crippen LogP contribution in [0.1, 0.15) is 38.4 Å². The summed E-state index contributed by atoms with van der Waals surface area (Å²) in [4.78, 5) is 6.95. The van der Waals surface area contributed by atoms with Gasteiger partial charge in [0, 0.05) is 11.5 Å². The van der Waals surface area contributed by atoms with Crippen LogP contribution in [0.3, 0.4) is 0 Å². The maximum absolute atomic E-state index is 5.67. The molecule has 0 spiro atoms. The van der Waals surface area contributed by atoms with Gasteiger partial charge in [-0.05, 0) is 65.0 Å². The van der Waals surface area contributed by atoms with E-state index in [9.17, 15) is 0 Å². The van der Waals surface area contributed by atoms with Crippen LogP contribution in [0.2, 0.25) is 0 Å². The first-order valence-electron chi connectivity index (χ1n) is 8.63. The number of benzene rings is 1. The minimum absolute atomic E-state index is 0.382. The standard InChI is InChI=1S/C18H25N3O3/c1-4-22-15-7-6-14(12-16(15)23-5-2)18-19-17(20-24-18)13-8-10-21(3)11-9-13/h6-7,12-13H,4-5,8-11H2,1-3H3. The summed E-state index contributed by atoms with van der Waals surface area (Å²) >= 11 is 0. The summed E-state index contributed by atoms with van der Waals surface area (Å²) in [5, 5.41) is 4.20. The monoisotopic (exact) mass is 331 g/mol. The summed E-state index contributed by atoms with van der Waals surface area (Å²) in [5.74, 6) is 3.17. The van der Waals surface area contributed by atoms with Crippen LogP contribution in [0.15, 0.2) is 22.7 Å². The van der Waals surface area contributed by atoms with Crippen LogP contribution in [0.4, 0.5) is 0 Å². The lowest BCUT2D eigenvalue weighted by molar-refractivity contribution is 0.248. The van der Waals surface area contributed by atoms with E-state index in [0.717, 1.165) is 43.1 Å². The molecule has 1 fully saturated rings. The van der Waals surface area contributed by atoms with Crippen LogP contribution in [0, 0.1) is 0 Å². The molecule has 2 aromatic rings. The second-order valence-electron chi connectivity index (χ2n) is 6.06. The van der Waals surface area contributed by atoms with Gasteiger partial charge in [0.2, 0.25) is 0 Å². The number of aromatic nitrogens is 2. The molecule has 1 saturated heterocycles. The van der Waals surface area contributed by atoms with Crippen molar-refractivity contribution in [2.24, 2.45) is 0 Å². The second kappa shape index (κ2) is 7.66. The molecular weight excluding hydrogens is 306 g/mol. The molecule has 1 aromatic heterocycles. The summed E-state index contributed by atoms with van der Waals surface area (Å²) in [5.41, 5.74) is 0.855. The molecule has 0 atom stereocenters. The Morgan fingerprint density at radius 1 is 1.12 bits per heavy atom. The molecule has 6 heteroatoms. The fourth-order valence-corrected chi connectivity index (χ4v) is 2.97. The highest BCUT2D eigenvalue weighted by molar-refractivity contribution is 5.59. The van der Waals surface area contributed by atoms with Crippen molar-refractivity contribution < 1.29 is 14.0 Å². The van der Waals surface area contributed by atoms with Crippen LogP contribution in [0.25, 0.3) is 11.5 Å². The van der Waals surface area contributed by atoms with E-state index in [2.05, 4.69) is 22.1 Å². The summed E-state index contributed by atoms with van der Waals surface area (Å²) in [7, 11) is 2.15. The van der Waals surface area contributed by atoms with Gasteiger partial charge in [0.15, 0.2) is 17.3 Å². The SMILES string of the molecule is CCOc1ccc(-c2nc(C3CCN(C)CC3)no2)cc1OCC. The van der Waals surface area contributed by atoms with Crippen molar-refractivity contribution in [3.63, 3.8) is 0 Å². The van der Waals surface area contributed by atoms with Gasteiger partial charge >= 0.3 is 0 Å². The van der Waals surface area contributed by atoms with Gasteiger partial charge in [-0.15, -0.1) is 0 Å². The van der Waals surface area contributed by atoms with Gasteiger partial charge < -0.3 is 18.9 Å². The molecule has 130 valence electrons. The third-order valence-corrected chi connectivity index (χ3v) is 4.32. The van der Waals surface area contributed by atoms with Gasteiger partial charge in [-0.25, -0.2) is 0 Å². The molecule has 0 bridgehead atoms. The molecule has 0 amide bonds. The Kier molecular flexibility index (Phi) is 5.35. The molecule has 1 aromatic carbocycles. The molecule has 0 unspecified atom stereocenters. The van der Waals surface area contributed by atoms with Crippen molar-refractivity contribution in [3.8, 4) is 23.0 Å². The van der Waals surface area contributed by atoms with E-state index in [1.807, 2.05) is 32.0 Å². The zero-order valence-corrected chi connectivity index (χ0v) is 14.6. The lowest BCUT2D eigenvalue weighted by atomic mass is 9.96. The van der Waals surface area contributed by atoms with E-state index in [1.54, 1.807) is 0 Å². The highest BCUT2D eigenvalue weighted by atomic mass is 16.5. The molecule has 0 N–H and O–H groups in total. The van der Waals surface area contributed by atoms with Gasteiger partial charge in [-0.3, -0.25) is 0 Å². The number of hydrogen-bond donors (Lipinski definition) is 0. The average Bonchev–Trinajstić information content (AvgIpc) is 3.07. The average molecular weight is 331 g/mol. The Bertz CT molecular complexity index is 663. The summed E-state index contributed by atoms with van der Waals surface area (Å²) in [6.45, 7) is 7.23. The minimum atomic E-state index is 0.382. The maximum Gasteiger partial charge on any atom is 0.258 e. The Balaban J connectivity index is 1.80. The molecule has 2 heterocycles. The van der Waals surface area contributed by atoms with E-state index < -0.39 is 0 Å². The normalized spacial score (nSPS) is 16.3. The summed E-state index contributed by atoms with van der Waals surface area (Å²) < 4.78 is 16.8. The first-order valence-corrected chi connectivity index (χ1v) is 8.63. The Hall–Kier alpha value is -2.08. The Morgan fingerprint density at radius 3 is 2.54 bits per heavy atom. The maximum atomic E-state index is 5.67. The zero-order chi connectivity index (χ0) is 16.9. The smallest absolute Gasteiger partial charge is 0.258 e. The molecule has 1 aliphatic rings. The van der Waals surface area contributed by atoms with E-state index in [0.29, 0.717) is 30.8 Å². The van der Waals surface area contributed by atoms with Crippen molar-refractivity contribution in [1.82, 2.24) is 15.0 Å². The third kappa shape index (κ3) is 3.70. The minimum Gasteiger partial charge on any atom is -0.490 e. The first kappa shape index (κ1) is 16.8. The van der Waals surface area contributed by atoms with Crippen LogP contribution in [-0.2, 0) is 0 Å². The molecular formula is C18H25N3O3. The predicted molar refractivity (Wildman–Crippen MR) is 91.5 cm³/mol. The van der Waals surface area contributed by atoms with Crippen LogP contribution in [-0.4, -0.2) is 48.4 Å². The van der Waals surface area contributed by atoms with Gasteiger partial charge in [0.05, 0.1) is 13.2 Å². The molecule has 0 saturated carbocycles. The fourth-order valence-electron chi connectivity index (χ4n) is 2.97. The third-order valence-electron chi connectivity index (χ3n) is 4.32. The summed E-state index contributed by atoms with van der Waals surface area (Å²) in [6.07, 6.45) is 2.14. The van der Waals surface area contributed by atoms with E-state index in [1.165, 1.54) is 0 Å². The van der Waals surface area contributed by atoms with Crippen molar-refractivity contribution >= 4 is 0 Å². The summed E-state index contributed by atoms with van der Waals surface area (Å²) in [6, 6.07) is 5.73. The molecule has 1 aliphatic heterocycles. The highest BCUT2D eigenvalue weighted by Gasteiger charge is 2.23. The second-order valence-corrected chi connectivity index (χ2v) is 6.06. The molecule has 0 aliphatic carbocycles. The predicted octanol–water partition coefficient (Wildman–Crippen LogP) is 3.34. The lowest BCUT2D eigenvalue weighted by Crippen LogP contribution is -2.29. The van der Waals surface area contributed by atoms with Crippen molar-refractivity contribution in [2.45, 2.75) is 32.6 Å². The van der Waals surface area contributed by atoms with Crippen LogP contribution >= 0.6 is 0 Å². The van der Waals surface area contributed by atoms with Crippen LogP contribution < -0.4 is 9.47 Å². The number of piperidine rings is 1. The van der Waals surface area contributed by atoms with Crippen LogP contribution in [0.5, 0.6) is 11.5 Å². The van der Waals surface area contributed by atoms with Gasteiger partial charge in [-0.1, -0.05) is 5.16 Å². The first-order chi connectivity index (χ1) is 11.7. The van der Waals surface area contributed by atoms with E-state index >= 15 is 0 Å². The number of likely N-dealkylation sites (tertiary alicyclic amines) is 1. The van der Waals surface area contributed by atoms with E-state index in [4.69, 9.17) is 14.0 Å². The number of hydrogen-bond acceptors (Lipinski definition) is 6. The zero-order valence-electron chi connectivity index (χ0n) is 14.6. The van der Waals surface area contributed by atoms with Gasteiger partial charge in [0.25, 0.3) is 5.89 Å². The quantitative estimate of drug-likeness (QED) is 0.809. The number of ether oxygens (including phenoxy) is 2. The molecule has 0 radical (unpaired) electrons. The fraction of sp³-hybridized carbons (Fsp3) is 0.556. The van der Waals surface area contributed by atoms with Gasteiger partial charge in [0.1, 0.15) is 0 Å². The van der Waals surface area contributed by atoms with Crippen molar-refractivity contribution in [1.29, 1.82) is 0 Å².